The molecule has 0 saturated heterocycles. The molecule has 0 spiro atoms. The van der Waals surface area contributed by atoms with Gasteiger partial charge in [0.05, 0.1) is 16.1 Å². The first-order valence-electron chi connectivity index (χ1n) is 5.89. The van der Waals surface area contributed by atoms with E-state index in [1.165, 1.54) is 0 Å². The lowest BCUT2D eigenvalue weighted by molar-refractivity contribution is 0.434. The van der Waals surface area contributed by atoms with Gasteiger partial charge in [0.2, 0.25) is 0 Å². The molecule has 2 aromatic rings. The Hall–Kier alpha value is -0.960. The molecule has 0 bridgehead atoms. The summed E-state index contributed by atoms with van der Waals surface area (Å²) < 4.78 is 5.64. The van der Waals surface area contributed by atoms with Gasteiger partial charge in [0.15, 0.2) is 0 Å². The minimum atomic E-state index is -0.207. The fraction of sp³-hybridized carbons (Fsp3) is 0.286. The maximum Gasteiger partial charge on any atom is 0.121 e. The minimum absolute atomic E-state index is 0.207. The van der Waals surface area contributed by atoms with E-state index in [0.29, 0.717) is 16.5 Å². The van der Waals surface area contributed by atoms with E-state index in [1.54, 1.807) is 6.07 Å². The third-order valence-electron chi connectivity index (χ3n) is 2.87. The molecule has 2 nitrogen and oxygen atoms in total. The third kappa shape index (κ3) is 2.89. The van der Waals surface area contributed by atoms with E-state index >= 15 is 0 Å². The van der Waals surface area contributed by atoms with Crippen molar-refractivity contribution in [1.82, 2.24) is 0 Å². The zero-order chi connectivity index (χ0) is 13.1. The van der Waals surface area contributed by atoms with Gasteiger partial charge in [0.25, 0.3) is 0 Å². The first-order chi connectivity index (χ1) is 8.61. The van der Waals surface area contributed by atoms with Gasteiger partial charge in [-0.15, -0.1) is 0 Å². The van der Waals surface area contributed by atoms with E-state index < -0.39 is 0 Å². The Balaban J connectivity index is 2.15. The average Bonchev–Trinajstić information content (AvgIpc) is 2.83. The lowest BCUT2D eigenvalue weighted by Crippen LogP contribution is -2.12. The van der Waals surface area contributed by atoms with Crippen LogP contribution < -0.4 is 5.73 Å². The van der Waals surface area contributed by atoms with Crippen LogP contribution >= 0.6 is 23.2 Å². The van der Waals surface area contributed by atoms with Crippen molar-refractivity contribution in [2.24, 2.45) is 5.73 Å². The number of rotatable bonds is 4. The number of furan rings is 1. The van der Waals surface area contributed by atoms with Crippen LogP contribution in [0.15, 0.2) is 34.7 Å². The molecule has 96 valence electrons. The van der Waals surface area contributed by atoms with Crippen LogP contribution in [0.2, 0.25) is 10.0 Å². The van der Waals surface area contributed by atoms with Crippen molar-refractivity contribution in [3.8, 4) is 0 Å². The highest BCUT2D eigenvalue weighted by molar-refractivity contribution is 6.42. The number of aryl methyl sites for hydroxylation is 1. The molecule has 1 atom stereocenters. The van der Waals surface area contributed by atoms with Crippen LogP contribution in [0, 0.1) is 0 Å². The predicted octanol–water partition coefficient (Wildman–Crippen LogP) is 4.39. The molecule has 0 amide bonds. The van der Waals surface area contributed by atoms with Crippen molar-refractivity contribution in [1.29, 1.82) is 0 Å². The first-order valence-corrected chi connectivity index (χ1v) is 6.64. The van der Waals surface area contributed by atoms with Crippen LogP contribution in [0.25, 0.3) is 0 Å². The Morgan fingerprint density at radius 3 is 2.67 bits per heavy atom. The summed E-state index contributed by atoms with van der Waals surface area (Å²) >= 11 is 12.1. The number of benzene rings is 1. The van der Waals surface area contributed by atoms with Crippen LogP contribution in [-0.2, 0) is 12.8 Å². The van der Waals surface area contributed by atoms with E-state index in [1.807, 2.05) is 31.2 Å². The van der Waals surface area contributed by atoms with Gasteiger partial charge < -0.3 is 10.2 Å². The largest absolute Gasteiger partial charge is 0.464 e. The molecule has 0 saturated carbocycles. The standard InChI is InChI=1S/C14H15Cl2NO/c1-2-10-6-7-13(18-10)12(17)8-9-4-3-5-11(15)14(9)16/h3-7,12H,2,8,17H2,1H3. The molecule has 0 aliphatic rings. The lowest BCUT2D eigenvalue weighted by Gasteiger charge is -2.11. The molecule has 0 radical (unpaired) electrons. The van der Waals surface area contributed by atoms with Crippen LogP contribution in [0.4, 0.5) is 0 Å². The fourth-order valence-electron chi connectivity index (χ4n) is 1.83. The van der Waals surface area contributed by atoms with E-state index in [0.717, 1.165) is 23.5 Å². The molecule has 1 aromatic carbocycles. The molecule has 0 fully saturated rings. The molecular formula is C14H15Cl2NO. The summed E-state index contributed by atoms with van der Waals surface area (Å²) in [5.41, 5.74) is 7.05. The molecule has 18 heavy (non-hydrogen) atoms. The Kier molecular flexibility index (Phi) is 4.33. The van der Waals surface area contributed by atoms with Crippen molar-refractivity contribution >= 4 is 23.2 Å². The SMILES string of the molecule is CCc1ccc(C(N)Cc2cccc(Cl)c2Cl)o1. The van der Waals surface area contributed by atoms with Gasteiger partial charge >= 0.3 is 0 Å². The maximum absolute atomic E-state index is 6.14. The van der Waals surface area contributed by atoms with Crippen molar-refractivity contribution in [2.45, 2.75) is 25.8 Å². The highest BCUT2D eigenvalue weighted by atomic mass is 35.5. The second-order valence-corrected chi connectivity index (χ2v) is 4.97. The van der Waals surface area contributed by atoms with Gasteiger partial charge in [0.1, 0.15) is 11.5 Å². The van der Waals surface area contributed by atoms with Gasteiger partial charge in [-0.05, 0) is 30.2 Å². The van der Waals surface area contributed by atoms with Crippen molar-refractivity contribution in [3.63, 3.8) is 0 Å². The number of nitrogens with two attached hydrogens (primary N) is 1. The Morgan fingerprint density at radius 1 is 1.22 bits per heavy atom. The molecule has 4 heteroatoms. The monoisotopic (exact) mass is 283 g/mol. The minimum Gasteiger partial charge on any atom is -0.464 e. The molecular weight excluding hydrogens is 269 g/mol. The smallest absolute Gasteiger partial charge is 0.121 e. The van der Waals surface area contributed by atoms with Crippen molar-refractivity contribution in [2.75, 3.05) is 0 Å². The molecule has 1 aromatic heterocycles. The average molecular weight is 284 g/mol. The van der Waals surface area contributed by atoms with E-state index in [-0.39, 0.29) is 6.04 Å². The summed E-state index contributed by atoms with van der Waals surface area (Å²) in [6.45, 7) is 2.04. The van der Waals surface area contributed by atoms with E-state index in [2.05, 4.69) is 0 Å². The van der Waals surface area contributed by atoms with Gasteiger partial charge in [-0.1, -0.05) is 42.3 Å². The van der Waals surface area contributed by atoms with Crippen molar-refractivity contribution < 1.29 is 4.42 Å². The zero-order valence-electron chi connectivity index (χ0n) is 10.1. The number of hydrogen-bond donors (Lipinski definition) is 1. The van der Waals surface area contributed by atoms with Gasteiger partial charge in [0, 0.05) is 6.42 Å². The number of hydrogen-bond acceptors (Lipinski definition) is 2. The quantitative estimate of drug-likeness (QED) is 0.904. The third-order valence-corrected chi connectivity index (χ3v) is 3.73. The fourth-order valence-corrected chi connectivity index (χ4v) is 2.22. The molecule has 0 aliphatic heterocycles. The van der Waals surface area contributed by atoms with Gasteiger partial charge in [-0.25, -0.2) is 0 Å². The van der Waals surface area contributed by atoms with E-state index in [9.17, 15) is 0 Å². The summed E-state index contributed by atoms with van der Waals surface area (Å²) in [6, 6.07) is 9.23. The van der Waals surface area contributed by atoms with Gasteiger partial charge in [-0.2, -0.15) is 0 Å². The topological polar surface area (TPSA) is 39.2 Å². The van der Waals surface area contributed by atoms with Crippen LogP contribution in [-0.4, -0.2) is 0 Å². The molecule has 1 heterocycles. The maximum atomic E-state index is 6.14. The van der Waals surface area contributed by atoms with E-state index in [4.69, 9.17) is 33.4 Å². The van der Waals surface area contributed by atoms with Crippen molar-refractivity contribution in [3.05, 3.63) is 57.5 Å². The Labute approximate surface area is 117 Å². The summed E-state index contributed by atoms with van der Waals surface area (Å²) in [6.07, 6.45) is 1.47. The van der Waals surface area contributed by atoms with Crippen LogP contribution in [0.3, 0.4) is 0 Å². The summed E-state index contributed by atoms with van der Waals surface area (Å²) in [7, 11) is 0. The summed E-state index contributed by atoms with van der Waals surface area (Å²) in [4.78, 5) is 0. The summed E-state index contributed by atoms with van der Waals surface area (Å²) in [5.74, 6) is 1.72. The van der Waals surface area contributed by atoms with Crippen LogP contribution in [0.5, 0.6) is 0 Å². The summed E-state index contributed by atoms with van der Waals surface area (Å²) in [5, 5.41) is 1.12. The number of halogens is 2. The molecule has 2 rings (SSSR count). The normalized spacial score (nSPS) is 12.7. The Morgan fingerprint density at radius 2 is 2.00 bits per heavy atom. The predicted molar refractivity (Wildman–Crippen MR) is 75.2 cm³/mol. The molecule has 2 N–H and O–H groups in total. The second-order valence-electron chi connectivity index (χ2n) is 4.18. The molecule has 0 aliphatic carbocycles. The lowest BCUT2D eigenvalue weighted by atomic mass is 10.0. The highest BCUT2D eigenvalue weighted by Gasteiger charge is 2.14. The first kappa shape index (κ1) is 13.5. The highest BCUT2D eigenvalue weighted by Crippen LogP contribution is 2.29. The second kappa shape index (κ2) is 5.79. The van der Waals surface area contributed by atoms with Crippen LogP contribution in [0.1, 0.15) is 30.0 Å². The Bertz CT molecular complexity index is 536. The molecule has 1 unspecified atom stereocenters. The van der Waals surface area contributed by atoms with Gasteiger partial charge in [-0.3, -0.25) is 0 Å². The zero-order valence-corrected chi connectivity index (χ0v) is 11.6.